The second-order valence-corrected chi connectivity index (χ2v) is 6.74. The number of hydrogen-bond donors (Lipinski definition) is 0. The zero-order chi connectivity index (χ0) is 16.2. The van der Waals surface area contributed by atoms with Crippen LogP contribution in [-0.2, 0) is 21.5 Å². The number of Topliss-reactive ketones (excluding diaryl/α,β-unsaturated/α-hetero) is 1. The fourth-order valence-corrected chi connectivity index (χ4v) is 4.79. The van der Waals surface area contributed by atoms with Crippen LogP contribution < -0.4 is 9.47 Å². The molecular formula is C18H21NO4. The summed E-state index contributed by atoms with van der Waals surface area (Å²) in [6, 6.07) is 4.00. The van der Waals surface area contributed by atoms with Crippen molar-refractivity contribution in [3.8, 4) is 11.5 Å². The first-order valence-corrected chi connectivity index (χ1v) is 8.17. The van der Waals surface area contributed by atoms with E-state index < -0.39 is 5.54 Å². The Morgan fingerprint density at radius 2 is 1.87 bits per heavy atom. The second kappa shape index (κ2) is 4.98. The topological polar surface area (TPSA) is 55.8 Å². The third kappa shape index (κ3) is 1.85. The van der Waals surface area contributed by atoms with Gasteiger partial charge in [0.25, 0.3) is 0 Å². The molecule has 122 valence electrons. The summed E-state index contributed by atoms with van der Waals surface area (Å²) in [6.45, 7) is 0.686. The summed E-state index contributed by atoms with van der Waals surface area (Å²) in [5.74, 6) is 2.04. The third-order valence-corrected chi connectivity index (χ3v) is 5.80. The maximum atomic E-state index is 12.5. The van der Waals surface area contributed by atoms with Crippen LogP contribution in [0.15, 0.2) is 12.1 Å². The number of ether oxygens (including phenoxy) is 2. The summed E-state index contributed by atoms with van der Waals surface area (Å²) < 4.78 is 10.9. The number of rotatable bonds is 2. The molecule has 3 aliphatic rings. The van der Waals surface area contributed by atoms with Crippen LogP contribution in [0, 0.1) is 5.92 Å². The molecule has 2 atom stereocenters. The fourth-order valence-electron chi connectivity index (χ4n) is 4.79. The summed E-state index contributed by atoms with van der Waals surface area (Å²) in [5.41, 5.74) is 1.80. The van der Waals surface area contributed by atoms with Crippen LogP contribution in [-0.4, -0.2) is 37.4 Å². The Balaban J connectivity index is 1.93. The van der Waals surface area contributed by atoms with Gasteiger partial charge in [-0.3, -0.25) is 9.59 Å². The molecule has 0 unspecified atom stereocenters. The highest BCUT2D eigenvalue weighted by Crippen LogP contribution is 2.55. The molecule has 1 spiro atoms. The molecule has 5 nitrogen and oxygen atoms in total. The third-order valence-electron chi connectivity index (χ3n) is 5.80. The zero-order valence-corrected chi connectivity index (χ0v) is 13.6. The Bertz CT molecular complexity index is 699. The first-order chi connectivity index (χ1) is 11.1. The Morgan fingerprint density at radius 1 is 1.13 bits per heavy atom. The molecule has 23 heavy (non-hydrogen) atoms. The van der Waals surface area contributed by atoms with Gasteiger partial charge in [0.1, 0.15) is 5.78 Å². The summed E-state index contributed by atoms with van der Waals surface area (Å²) in [7, 11) is 3.25. The van der Waals surface area contributed by atoms with Crippen molar-refractivity contribution in [2.45, 2.75) is 37.6 Å². The predicted molar refractivity (Wildman–Crippen MR) is 83.6 cm³/mol. The molecule has 1 saturated heterocycles. The summed E-state index contributed by atoms with van der Waals surface area (Å²) in [6.07, 6.45) is 3.18. The first-order valence-electron chi connectivity index (χ1n) is 8.17. The highest BCUT2D eigenvalue weighted by molar-refractivity contribution is 5.87. The van der Waals surface area contributed by atoms with Gasteiger partial charge in [-0.1, -0.05) is 0 Å². The molecular weight excluding hydrogens is 294 g/mol. The maximum Gasteiger partial charge on any atom is 0.223 e. The van der Waals surface area contributed by atoms with Gasteiger partial charge >= 0.3 is 0 Å². The van der Waals surface area contributed by atoms with E-state index in [9.17, 15) is 9.59 Å². The number of hydrogen-bond acceptors (Lipinski definition) is 4. The minimum absolute atomic E-state index is 0.185. The van der Waals surface area contributed by atoms with Crippen LogP contribution in [0.2, 0.25) is 0 Å². The molecule has 1 aromatic carbocycles. The van der Waals surface area contributed by atoms with Gasteiger partial charge in [0.15, 0.2) is 11.5 Å². The van der Waals surface area contributed by atoms with Crippen molar-refractivity contribution in [3.63, 3.8) is 0 Å². The number of ketones is 1. The number of benzene rings is 1. The molecule has 1 aromatic rings. The van der Waals surface area contributed by atoms with Crippen molar-refractivity contribution in [1.29, 1.82) is 0 Å². The van der Waals surface area contributed by atoms with Gasteiger partial charge < -0.3 is 14.4 Å². The highest BCUT2D eigenvalue weighted by Gasteiger charge is 2.58. The lowest BCUT2D eigenvalue weighted by Crippen LogP contribution is -2.53. The Labute approximate surface area is 135 Å². The van der Waals surface area contributed by atoms with Crippen LogP contribution in [0.25, 0.3) is 0 Å². The Kier molecular flexibility index (Phi) is 3.15. The zero-order valence-electron chi connectivity index (χ0n) is 13.6. The monoisotopic (exact) mass is 315 g/mol. The molecule has 1 saturated carbocycles. The maximum absolute atomic E-state index is 12.5. The lowest BCUT2D eigenvalue weighted by atomic mass is 9.66. The number of amides is 1. The molecule has 1 amide bonds. The minimum atomic E-state index is -0.459. The van der Waals surface area contributed by atoms with Crippen molar-refractivity contribution in [3.05, 3.63) is 23.3 Å². The van der Waals surface area contributed by atoms with Gasteiger partial charge in [-0.25, -0.2) is 0 Å². The normalized spacial score (nSPS) is 29.0. The van der Waals surface area contributed by atoms with E-state index >= 15 is 0 Å². The summed E-state index contributed by atoms with van der Waals surface area (Å²) in [5, 5.41) is 0. The van der Waals surface area contributed by atoms with Crippen molar-refractivity contribution in [2.24, 2.45) is 5.92 Å². The molecule has 2 heterocycles. The number of nitrogens with zero attached hydrogens (tertiary/aromatic N) is 1. The van der Waals surface area contributed by atoms with Crippen LogP contribution in [0.4, 0.5) is 0 Å². The van der Waals surface area contributed by atoms with E-state index in [1.54, 1.807) is 14.2 Å². The van der Waals surface area contributed by atoms with Gasteiger partial charge in [0, 0.05) is 25.8 Å². The largest absolute Gasteiger partial charge is 0.493 e. The molecule has 5 heteroatoms. The molecule has 2 fully saturated rings. The molecule has 1 aliphatic carbocycles. The second-order valence-electron chi connectivity index (χ2n) is 6.74. The van der Waals surface area contributed by atoms with E-state index in [2.05, 4.69) is 0 Å². The van der Waals surface area contributed by atoms with E-state index in [0.29, 0.717) is 37.3 Å². The van der Waals surface area contributed by atoms with E-state index in [1.165, 1.54) is 5.56 Å². The SMILES string of the molecule is COc1cc2c(cc1OC)[C@]13CC(=O)CC[C@H]1CC(=O)N3CC2. The summed E-state index contributed by atoms with van der Waals surface area (Å²) in [4.78, 5) is 26.7. The Hall–Kier alpha value is -2.04. The molecule has 0 aromatic heterocycles. The quantitative estimate of drug-likeness (QED) is 0.838. The van der Waals surface area contributed by atoms with Crippen LogP contribution in [0.5, 0.6) is 11.5 Å². The van der Waals surface area contributed by atoms with Crippen molar-refractivity contribution < 1.29 is 19.1 Å². The van der Waals surface area contributed by atoms with Gasteiger partial charge in [-0.2, -0.15) is 0 Å². The average Bonchev–Trinajstić information content (AvgIpc) is 2.85. The lowest BCUT2D eigenvalue weighted by Gasteiger charge is -2.48. The summed E-state index contributed by atoms with van der Waals surface area (Å²) >= 11 is 0. The molecule has 0 N–H and O–H groups in total. The molecule has 4 rings (SSSR count). The molecule has 2 aliphatic heterocycles. The van der Waals surface area contributed by atoms with E-state index in [0.717, 1.165) is 18.4 Å². The number of carbonyl (C=O) groups is 2. The van der Waals surface area contributed by atoms with Crippen molar-refractivity contribution in [1.82, 2.24) is 4.90 Å². The highest BCUT2D eigenvalue weighted by atomic mass is 16.5. The van der Waals surface area contributed by atoms with Crippen LogP contribution in [0.3, 0.4) is 0 Å². The van der Waals surface area contributed by atoms with E-state index in [4.69, 9.17) is 9.47 Å². The molecule has 0 radical (unpaired) electrons. The van der Waals surface area contributed by atoms with Crippen molar-refractivity contribution in [2.75, 3.05) is 20.8 Å². The van der Waals surface area contributed by atoms with Gasteiger partial charge in [-0.05, 0) is 42.0 Å². The number of fused-ring (bicyclic) bond motifs is 1. The average molecular weight is 315 g/mol. The number of methoxy groups -OCH3 is 2. The van der Waals surface area contributed by atoms with Crippen molar-refractivity contribution >= 4 is 11.7 Å². The first kappa shape index (κ1) is 14.5. The Morgan fingerprint density at radius 3 is 2.61 bits per heavy atom. The smallest absolute Gasteiger partial charge is 0.223 e. The lowest BCUT2D eigenvalue weighted by molar-refractivity contribution is -0.135. The van der Waals surface area contributed by atoms with Crippen LogP contribution >= 0.6 is 0 Å². The van der Waals surface area contributed by atoms with E-state index in [-0.39, 0.29) is 17.6 Å². The van der Waals surface area contributed by atoms with Gasteiger partial charge in [0.05, 0.1) is 19.8 Å². The van der Waals surface area contributed by atoms with Crippen LogP contribution in [0.1, 0.15) is 36.8 Å². The fraction of sp³-hybridized carbons (Fsp3) is 0.556. The standard InChI is InChI=1S/C18H21NO4/c1-22-15-7-11-5-6-19-17(21)8-12-3-4-13(20)10-18(12,19)14(11)9-16(15)23-2/h7,9,12H,3-6,8,10H2,1-2H3/t12-,18-/m0/s1. The number of carbonyl (C=O) groups excluding carboxylic acids is 2. The molecule has 0 bridgehead atoms. The van der Waals surface area contributed by atoms with Gasteiger partial charge in [0.2, 0.25) is 5.91 Å². The predicted octanol–water partition coefficient (Wildman–Crippen LogP) is 2.06. The van der Waals surface area contributed by atoms with Gasteiger partial charge in [-0.15, -0.1) is 0 Å². The van der Waals surface area contributed by atoms with E-state index in [1.807, 2.05) is 17.0 Å². The minimum Gasteiger partial charge on any atom is -0.493 e.